The minimum Gasteiger partial charge on any atom is -0.481 e. The summed E-state index contributed by atoms with van der Waals surface area (Å²) >= 11 is 0. The molecular formula is C12H21N3O5. The van der Waals surface area contributed by atoms with Gasteiger partial charge in [0.1, 0.15) is 6.04 Å². The number of carbonyl (C=O) groups is 3. The third-order valence-corrected chi connectivity index (χ3v) is 2.95. The monoisotopic (exact) mass is 287 g/mol. The maximum Gasteiger partial charge on any atom is 0.318 e. The SMILES string of the molecule is CCOC(C)CNC(=O)N1CCNC(=O)C1CC(=O)O. The Morgan fingerprint density at radius 2 is 2.30 bits per heavy atom. The highest BCUT2D eigenvalue weighted by Gasteiger charge is 2.34. The average Bonchev–Trinajstić information content (AvgIpc) is 2.38. The molecule has 1 aliphatic rings. The lowest BCUT2D eigenvalue weighted by Crippen LogP contribution is -2.60. The number of amides is 3. The zero-order valence-corrected chi connectivity index (χ0v) is 11.7. The van der Waals surface area contributed by atoms with Crippen molar-refractivity contribution in [3.05, 3.63) is 0 Å². The maximum absolute atomic E-state index is 12.0. The van der Waals surface area contributed by atoms with Crippen molar-refractivity contribution < 1.29 is 24.2 Å². The Morgan fingerprint density at radius 1 is 1.60 bits per heavy atom. The van der Waals surface area contributed by atoms with Crippen LogP contribution in [0.2, 0.25) is 0 Å². The molecule has 1 rings (SSSR count). The molecule has 1 heterocycles. The topological polar surface area (TPSA) is 108 Å². The molecule has 8 nitrogen and oxygen atoms in total. The number of hydrogen-bond donors (Lipinski definition) is 3. The van der Waals surface area contributed by atoms with Gasteiger partial charge in [-0.2, -0.15) is 0 Å². The van der Waals surface area contributed by atoms with Crippen LogP contribution in [-0.4, -0.2) is 66.3 Å². The van der Waals surface area contributed by atoms with E-state index in [1.54, 1.807) is 0 Å². The Bertz CT molecular complexity index is 374. The number of carboxylic acid groups (broad SMARTS) is 1. The highest BCUT2D eigenvalue weighted by molar-refractivity contribution is 5.91. The van der Waals surface area contributed by atoms with E-state index in [1.807, 2.05) is 13.8 Å². The molecule has 20 heavy (non-hydrogen) atoms. The van der Waals surface area contributed by atoms with Gasteiger partial charge >= 0.3 is 12.0 Å². The molecular weight excluding hydrogens is 266 g/mol. The predicted molar refractivity (Wildman–Crippen MR) is 70.2 cm³/mol. The molecule has 0 radical (unpaired) electrons. The Hall–Kier alpha value is -1.83. The fraction of sp³-hybridized carbons (Fsp3) is 0.750. The number of rotatable bonds is 6. The van der Waals surface area contributed by atoms with Crippen molar-refractivity contribution in [3.63, 3.8) is 0 Å². The van der Waals surface area contributed by atoms with Gasteiger partial charge in [0.05, 0.1) is 12.5 Å². The Kier molecular flexibility index (Phi) is 6.23. The first-order valence-electron chi connectivity index (χ1n) is 6.61. The molecule has 0 aromatic heterocycles. The number of urea groups is 1. The van der Waals surface area contributed by atoms with Crippen molar-refractivity contribution in [3.8, 4) is 0 Å². The quantitative estimate of drug-likeness (QED) is 0.604. The second-order valence-electron chi connectivity index (χ2n) is 4.55. The van der Waals surface area contributed by atoms with Crippen LogP contribution in [0.1, 0.15) is 20.3 Å². The number of piperazine rings is 1. The molecule has 1 saturated heterocycles. The van der Waals surface area contributed by atoms with E-state index in [4.69, 9.17) is 9.84 Å². The second-order valence-corrected chi connectivity index (χ2v) is 4.55. The standard InChI is InChI=1S/C12H21N3O5/c1-3-20-8(2)7-14-12(19)15-5-4-13-11(18)9(15)6-10(16)17/h8-9H,3-7H2,1-2H3,(H,13,18)(H,14,19)(H,16,17). The largest absolute Gasteiger partial charge is 0.481 e. The van der Waals surface area contributed by atoms with Gasteiger partial charge in [-0.1, -0.05) is 0 Å². The van der Waals surface area contributed by atoms with Crippen LogP contribution < -0.4 is 10.6 Å². The van der Waals surface area contributed by atoms with Crippen LogP contribution >= 0.6 is 0 Å². The lowest BCUT2D eigenvalue weighted by Gasteiger charge is -2.34. The van der Waals surface area contributed by atoms with E-state index >= 15 is 0 Å². The molecule has 3 N–H and O–H groups in total. The Balaban J connectivity index is 2.58. The maximum atomic E-state index is 12.0. The van der Waals surface area contributed by atoms with Gasteiger partial charge in [0.15, 0.2) is 0 Å². The zero-order chi connectivity index (χ0) is 15.1. The number of nitrogens with one attached hydrogen (secondary N) is 2. The number of carbonyl (C=O) groups excluding carboxylic acids is 2. The molecule has 2 unspecified atom stereocenters. The Labute approximate surface area is 117 Å². The number of ether oxygens (including phenoxy) is 1. The summed E-state index contributed by atoms with van der Waals surface area (Å²) in [7, 11) is 0. The summed E-state index contributed by atoms with van der Waals surface area (Å²) in [6.45, 7) is 5.15. The molecule has 0 aromatic carbocycles. The summed E-state index contributed by atoms with van der Waals surface area (Å²) < 4.78 is 5.29. The summed E-state index contributed by atoms with van der Waals surface area (Å²) in [5.41, 5.74) is 0. The van der Waals surface area contributed by atoms with Crippen molar-refractivity contribution in [2.75, 3.05) is 26.2 Å². The van der Waals surface area contributed by atoms with E-state index in [-0.39, 0.29) is 6.10 Å². The third kappa shape index (κ3) is 4.69. The molecule has 1 aliphatic heterocycles. The molecule has 0 spiro atoms. The van der Waals surface area contributed by atoms with Crippen LogP contribution in [0.4, 0.5) is 4.79 Å². The first-order valence-corrected chi connectivity index (χ1v) is 6.61. The van der Waals surface area contributed by atoms with Crippen molar-refractivity contribution in [2.45, 2.75) is 32.4 Å². The molecule has 1 fully saturated rings. The summed E-state index contributed by atoms with van der Waals surface area (Å²) in [5, 5.41) is 14.0. The zero-order valence-electron chi connectivity index (χ0n) is 11.7. The summed E-state index contributed by atoms with van der Waals surface area (Å²) in [6, 6.07) is -1.42. The van der Waals surface area contributed by atoms with Crippen LogP contribution in [0.3, 0.4) is 0 Å². The lowest BCUT2D eigenvalue weighted by molar-refractivity contribution is -0.142. The normalized spacial score (nSPS) is 20.2. The van der Waals surface area contributed by atoms with Crippen molar-refractivity contribution in [1.29, 1.82) is 0 Å². The molecule has 0 aromatic rings. The van der Waals surface area contributed by atoms with Crippen molar-refractivity contribution in [2.24, 2.45) is 0 Å². The van der Waals surface area contributed by atoms with E-state index in [0.29, 0.717) is 26.2 Å². The predicted octanol–water partition coefficient (Wildman–Crippen LogP) is -0.604. The molecule has 0 aliphatic carbocycles. The third-order valence-electron chi connectivity index (χ3n) is 2.95. The van der Waals surface area contributed by atoms with Gasteiger partial charge in [0.2, 0.25) is 5.91 Å². The highest BCUT2D eigenvalue weighted by atomic mass is 16.5. The first kappa shape index (κ1) is 16.2. The van der Waals surface area contributed by atoms with Crippen LogP contribution in [0.15, 0.2) is 0 Å². The number of hydrogen-bond acceptors (Lipinski definition) is 4. The summed E-state index contributed by atoms with van der Waals surface area (Å²) in [6.07, 6.45) is -0.541. The fourth-order valence-corrected chi connectivity index (χ4v) is 2.00. The summed E-state index contributed by atoms with van der Waals surface area (Å²) in [4.78, 5) is 35.7. The second kappa shape index (κ2) is 7.68. The van der Waals surface area contributed by atoms with Gasteiger partial charge in [-0.25, -0.2) is 4.79 Å². The van der Waals surface area contributed by atoms with Crippen LogP contribution in [0.25, 0.3) is 0 Å². The van der Waals surface area contributed by atoms with Crippen molar-refractivity contribution in [1.82, 2.24) is 15.5 Å². The Morgan fingerprint density at radius 3 is 2.90 bits per heavy atom. The van der Waals surface area contributed by atoms with Gasteiger partial charge in [-0.3, -0.25) is 9.59 Å². The van der Waals surface area contributed by atoms with Crippen molar-refractivity contribution >= 4 is 17.9 Å². The number of aliphatic carboxylic acids is 1. The van der Waals surface area contributed by atoms with Gasteiger partial charge in [-0.15, -0.1) is 0 Å². The molecule has 3 amide bonds. The molecule has 114 valence electrons. The lowest BCUT2D eigenvalue weighted by atomic mass is 10.1. The number of carboxylic acids is 1. The first-order chi connectivity index (χ1) is 9.45. The molecule has 0 bridgehead atoms. The molecule has 2 atom stereocenters. The van der Waals surface area contributed by atoms with E-state index in [0.717, 1.165) is 0 Å². The number of nitrogens with zero attached hydrogens (tertiary/aromatic N) is 1. The summed E-state index contributed by atoms with van der Waals surface area (Å²) in [5.74, 6) is -1.56. The van der Waals surface area contributed by atoms with Crippen LogP contribution in [0, 0.1) is 0 Å². The van der Waals surface area contributed by atoms with E-state index < -0.39 is 30.4 Å². The van der Waals surface area contributed by atoms with E-state index in [1.165, 1.54) is 4.90 Å². The average molecular weight is 287 g/mol. The van der Waals surface area contributed by atoms with Gasteiger partial charge in [0, 0.05) is 26.2 Å². The van der Waals surface area contributed by atoms with Crippen LogP contribution in [-0.2, 0) is 14.3 Å². The highest BCUT2D eigenvalue weighted by Crippen LogP contribution is 2.09. The molecule has 0 saturated carbocycles. The van der Waals surface area contributed by atoms with Crippen LogP contribution in [0.5, 0.6) is 0 Å². The minimum absolute atomic E-state index is 0.138. The fourth-order valence-electron chi connectivity index (χ4n) is 2.00. The van der Waals surface area contributed by atoms with E-state index in [2.05, 4.69) is 10.6 Å². The molecule has 8 heteroatoms. The van der Waals surface area contributed by atoms with Gasteiger partial charge in [0.25, 0.3) is 0 Å². The van der Waals surface area contributed by atoms with Gasteiger partial charge in [-0.05, 0) is 13.8 Å². The smallest absolute Gasteiger partial charge is 0.318 e. The van der Waals surface area contributed by atoms with E-state index in [9.17, 15) is 14.4 Å². The van der Waals surface area contributed by atoms with Gasteiger partial charge < -0.3 is 25.4 Å². The minimum atomic E-state index is -1.12.